The Hall–Kier alpha value is -1.58. The van der Waals surface area contributed by atoms with Gasteiger partial charge in [-0.3, -0.25) is 9.59 Å². The van der Waals surface area contributed by atoms with E-state index in [4.69, 9.17) is 27.6 Å². The Labute approximate surface area is 107 Å². The second-order valence-electron chi connectivity index (χ2n) is 3.25. The molecule has 1 aromatic heterocycles. The Balaban J connectivity index is 2.43. The summed E-state index contributed by atoms with van der Waals surface area (Å²) < 4.78 is 5.02. The number of rotatable bonds is 3. The molecule has 1 heterocycles. The van der Waals surface area contributed by atoms with Crippen molar-refractivity contribution in [3.05, 3.63) is 57.5 Å². The number of hydrogen-bond acceptors (Lipinski definition) is 3. The molecule has 0 aliphatic carbocycles. The van der Waals surface area contributed by atoms with Gasteiger partial charge in [0, 0.05) is 5.56 Å². The first-order valence-electron chi connectivity index (χ1n) is 4.67. The molecule has 5 heteroatoms. The fourth-order valence-corrected chi connectivity index (χ4v) is 1.74. The van der Waals surface area contributed by atoms with Crippen LogP contribution < -0.4 is 0 Å². The number of carbonyl (C=O) groups excluding carboxylic acids is 2. The molecular weight excluding hydrogens is 263 g/mol. The fraction of sp³-hybridized carbons (Fsp3) is 0. The maximum Gasteiger partial charge on any atom is 0.229 e. The zero-order valence-electron chi connectivity index (χ0n) is 8.44. The molecule has 0 aliphatic rings. The average Bonchev–Trinajstić information content (AvgIpc) is 2.80. The van der Waals surface area contributed by atoms with Crippen LogP contribution in [0.3, 0.4) is 0 Å². The van der Waals surface area contributed by atoms with Gasteiger partial charge in [-0.25, -0.2) is 0 Å². The van der Waals surface area contributed by atoms with E-state index in [1.54, 1.807) is 18.2 Å². The predicted octanol–water partition coefficient (Wildman–Crippen LogP) is 3.63. The molecule has 1 aromatic carbocycles. The quantitative estimate of drug-likeness (QED) is 0.631. The molecule has 0 fully saturated rings. The van der Waals surface area contributed by atoms with Crippen LogP contribution in [0.25, 0.3) is 0 Å². The lowest BCUT2D eigenvalue weighted by atomic mass is 10.1. The first-order valence-corrected chi connectivity index (χ1v) is 5.43. The Kier molecular flexibility index (Phi) is 3.31. The molecule has 0 radical (unpaired) electrons. The highest BCUT2D eigenvalue weighted by Crippen LogP contribution is 2.27. The van der Waals surface area contributed by atoms with Crippen LogP contribution in [0.4, 0.5) is 0 Å². The highest BCUT2D eigenvalue weighted by atomic mass is 35.5. The van der Waals surface area contributed by atoms with E-state index in [2.05, 4.69) is 0 Å². The van der Waals surface area contributed by atoms with Gasteiger partial charge in [-0.1, -0.05) is 29.3 Å². The predicted molar refractivity (Wildman–Crippen MR) is 64.0 cm³/mol. The fourth-order valence-electron chi connectivity index (χ4n) is 1.35. The van der Waals surface area contributed by atoms with Crippen molar-refractivity contribution in [1.82, 2.24) is 0 Å². The van der Waals surface area contributed by atoms with Crippen LogP contribution in [0, 0.1) is 0 Å². The molecule has 0 spiro atoms. The van der Waals surface area contributed by atoms with E-state index in [9.17, 15) is 9.59 Å². The summed E-state index contributed by atoms with van der Waals surface area (Å²) in [4.78, 5) is 22.4. The Bertz CT molecular complexity index is 587. The molecule has 0 bridgehead atoms. The van der Waals surface area contributed by atoms with Crippen molar-refractivity contribution < 1.29 is 14.0 Å². The second-order valence-corrected chi connectivity index (χ2v) is 4.04. The van der Waals surface area contributed by atoms with Crippen molar-refractivity contribution in [2.24, 2.45) is 0 Å². The van der Waals surface area contributed by atoms with Gasteiger partial charge < -0.3 is 4.42 Å². The largest absolute Gasteiger partial charge is 0.450 e. The van der Waals surface area contributed by atoms with Gasteiger partial charge in [0.2, 0.25) is 5.78 Å². The van der Waals surface area contributed by atoms with Crippen molar-refractivity contribution in [1.29, 1.82) is 0 Å². The number of halogens is 2. The van der Waals surface area contributed by atoms with Gasteiger partial charge in [-0.15, -0.1) is 0 Å². The van der Waals surface area contributed by atoms with Crippen molar-refractivity contribution in [2.45, 2.75) is 0 Å². The monoisotopic (exact) mass is 268 g/mol. The van der Waals surface area contributed by atoms with Gasteiger partial charge >= 0.3 is 0 Å². The molecule has 0 atom stereocenters. The van der Waals surface area contributed by atoms with Crippen molar-refractivity contribution in [2.75, 3.05) is 0 Å². The molecule has 2 rings (SSSR count). The van der Waals surface area contributed by atoms with E-state index in [1.807, 2.05) is 0 Å². The highest BCUT2D eigenvalue weighted by molar-refractivity contribution is 6.44. The Morgan fingerprint density at radius 3 is 2.59 bits per heavy atom. The van der Waals surface area contributed by atoms with Gasteiger partial charge in [0.05, 0.1) is 10.0 Å². The summed E-state index contributed by atoms with van der Waals surface area (Å²) in [6.45, 7) is 0. The summed E-state index contributed by atoms with van der Waals surface area (Å²) in [5.74, 6) is -0.270. The van der Waals surface area contributed by atoms with E-state index in [1.165, 1.54) is 12.1 Å². The molecule has 17 heavy (non-hydrogen) atoms. The average molecular weight is 269 g/mol. The Morgan fingerprint density at radius 2 is 1.94 bits per heavy atom. The third-order valence-electron chi connectivity index (χ3n) is 2.16. The Morgan fingerprint density at radius 1 is 1.18 bits per heavy atom. The number of hydrogen-bond donors (Lipinski definition) is 0. The normalized spacial score (nSPS) is 10.2. The third-order valence-corrected chi connectivity index (χ3v) is 2.98. The van der Waals surface area contributed by atoms with Gasteiger partial charge in [0.25, 0.3) is 0 Å². The molecule has 0 aliphatic heterocycles. The maximum atomic E-state index is 12.0. The molecule has 3 nitrogen and oxygen atoms in total. The summed E-state index contributed by atoms with van der Waals surface area (Å²) in [7, 11) is 0. The van der Waals surface area contributed by atoms with Gasteiger partial charge in [0.1, 0.15) is 0 Å². The third kappa shape index (κ3) is 2.25. The number of benzene rings is 1. The maximum absolute atomic E-state index is 12.0. The summed E-state index contributed by atoms with van der Waals surface area (Å²) in [5, 5.41) is 0.461. The van der Waals surface area contributed by atoms with E-state index in [-0.39, 0.29) is 22.1 Å². The molecule has 2 aromatic rings. The lowest BCUT2D eigenvalue weighted by molar-refractivity contribution is 0.100. The van der Waals surface area contributed by atoms with Gasteiger partial charge in [-0.05, 0) is 24.3 Å². The zero-order chi connectivity index (χ0) is 12.4. The summed E-state index contributed by atoms with van der Waals surface area (Å²) in [6.07, 6.45) is 0.524. The van der Waals surface area contributed by atoms with E-state index >= 15 is 0 Å². The second kappa shape index (κ2) is 4.73. The van der Waals surface area contributed by atoms with Crippen LogP contribution in [0.1, 0.15) is 26.7 Å². The zero-order valence-corrected chi connectivity index (χ0v) is 9.96. The van der Waals surface area contributed by atoms with E-state index in [0.29, 0.717) is 11.3 Å². The van der Waals surface area contributed by atoms with Crippen LogP contribution in [-0.2, 0) is 0 Å². The van der Waals surface area contributed by atoms with Crippen LogP contribution in [0.2, 0.25) is 10.0 Å². The standard InChI is InChI=1S/C12H6Cl2O3/c13-9-3-1-2-8(11(9)14)12(16)10-5-4-7(6-15)17-10/h1-6H. The van der Waals surface area contributed by atoms with Crippen LogP contribution >= 0.6 is 23.2 Å². The van der Waals surface area contributed by atoms with Crippen molar-refractivity contribution >= 4 is 35.3 Å². The van der Waals surface area contributed by atoms with Crippen molar-refractivity contribution in [3.63, 3.8) is 0 Å². The molecule has 86 valence electrons. The topological polar surface area (TPSA) is 47.3 Å². The SMILES string of the molecule is O=Cc1ccc(C(=O)c2cccc(Cl)c2Cl)o1. The van der Waals surface area contributed by atoms with E-state index < -0.39 is 5.78 Å². The minimum Gasteiger partial charge on any atom is -0.450 e. The van der Waals surface area contributed by atoms with Crippen LogP contribution in [-0.4, -0.2) is 12.1 Å². The van der Waals surface area contributed by atoms with Crippen LogP contribution in [0.5, 0.6) is 0 Å². The molecule has 0 unspecified atom stereocenters. The lowest BCUT2D eigenvalue weighted by Crippen LogP contribution is -2.00. The van der Waals surface area contributed by atoms with Crippen LogP contribution in [0.15, 0.2) is 34.7 Å². The summed E-state index contributed by atoms with van der Waals surface area (Å²) in [6, 6.07) is 7.58. The molecule has 0 saturated carbocycles. The first kappa shape index (κ1) is 11.9. The molecular formula is C12H6Cl2O3. The minimum absolute atomic E-state index is 0.0521. The minimum atomic E-state index is -0.411. The smallest absolute Gasteiger partial charge is 0.229 e. The first-order chi connectivity index (χ1) is 8.13. The molecule has 0 N–H and O–H groups in total. The van der Waals surface area contributed by atoms with Gasteiger partial charge in [-0.2, -0.15) is 0 Å². The van der Waals surface area contributed by atoms with Crippen molar-refractivity contribution in [3.8, 4) is 0 Å². The summed E-state index contributed by atoms with van der Waals surface area (Å²) >= 11 is 11.7. The lowest BCUT2D eigenvalue weighted by Gasteiger charge is -2.02. The molecule has 0 amide bonds. The van der Waals surface area contributed by atoms with Gasteiger partial charge in [0.15, 0.2) is 17.8 Å². The van der Waals surface area contributed by atoms with E-state index in [0.717, 1.165) is 0 Å². The highest BCUT2D eigenvalue weighted by Gasteiger charge is 2.17. The number of carbonyl (C=O) groups is 2. The number of ketones is 1. The number of furan rings is 1. The molecule has 0 saturated heterocycles. The summed E-state index contributed by atoms with van der Waals surface area (Å²) in [5.41, 5.74) is 0.242. The number of aldehydes is 1.